The van der Waals surface area contributed by atoms with Crippen molar-refractivity contribution in [3.8, 4) is 5.75 Å². The van der Waals surface area contributed by atoms with Crippen molar-refractivity contribution in [1.82, 2.24) is 0 Å². The van der Waals surface area contributed by atoms with E-state index < -0.39 is 0 Å². The molecule has 4 heteroatoms. The van der Waals surface area contributed by atoms with Crippen molar-refractivity contribution >= 4 is 17.9 Å². The maximum absolute atomic E-state index is 11.6. The Bertz CT molecular complexity index is 721. The third-order valence-electron chi connectivity index (χ3n) is 4.39. The van der Waals surface area contributed by atoms with E-state index in [0.717, 1.165) is 30.0 Å². The van der Waals surface area contributed by atoms with E-state index >= 15 is 0 Å². The van der Waals surface area contributed by atoms with E-state index in [2.05, 4.69) is 11.9 Å². The van der Waals surface area contributed by atoms with Crippen molar-refractivity contribution in [2.24, 2.45) is 4.99 Å². The Balaban J connectivity index is 1.76. The van der Waals surface area contributed by atoms with Crippen LogP contribution in [0.1, 0.15) is 68.3 Å². The Labute approximate surface area is 168 Å². The molecule has 0 aliphatic carbocycles. The van der Waals surface area contributed by atoms with Gasteiger partial charge in [0.1, 0.15) is 5.75 Å². The zero-order valence-corrected chi connectivity index (χ0v) is 17.0. The number of carbonyl (C=O) groups is 1. The van der Waals surface area contributed by atoms with Gasteiger partial charge in [-0.05, 0) is 67.4 Å². The average Bonchev–Trinajstić information content (AvgIpc) is 2.73. The molecule has 150 valence electrons. The number of ether oxygens (including phenoxy) is 2. The third kappa shape index (κ3) is 7.95. The van der Waals surface area contributed by atoms with Crippen molar-refractivity contribution in [3.05, 3.63) is 59.7 Å². The van der Waals surface area contributed by atoms with Crippen LogP contribution in [-0.4, -0.2) is 25.4 Å². The van der Waals surface area contributed by atoms with Crippen LogP contribution < -0.4 is 4.74 Å². The number of hydrogen-bond donors (Lipinski definition) is 0. The highest BCUT2D eigenvalue weighted by Crippen LogP contribution is 2.16. The van der Waals surface area contributed by atoms with Crippen molar-refractivity contribution in [1.29, 1.82) is 0 Å². The molecule has 4 nitrogen and oxygen atoms in total. The summed E-state index contributed by atoms with van der Waals surface area (Å²) in [5.74, 6) is 0.582. The molecule has 0 fully saturated rings. The molecule has 0 unspecified atom stereocenters. The maximum Gasteiger partial charge on any atom is 0.338 e. The first-order valence-electron chi connectivity index (χ1n) is 10.3. The topological polar surface area (TPSA) is 47.9 Å². The number of benzene rings is 2. The SMILES string of the molecule is CCCCCCCCOc1ccc(C=Nc2ccc(C(=O)OCC)cc2)cc1. The summed E-state index contributed by atoms with van der Waals surface area (Å²) in [7, 11) is 0. The molecule has 2 aromatic rings. The van der Waals surface area contributed by atoms with Crippen LogP contribution in [0.3, 0.4) is 0 Å². The zero-order chi connectivity index (χ0) is 20.0. The Morgan fingerprint density at radius 3 is 2.25 bits per heavy atom. The van der Waals surface area contributed by atoms with Gasteiger partial charge in [0.2, 0.25) is 0 Å². The number of aliphatic imine (C=N–C) groups is 1. The molecule has 0 radical (unpaired) electrons. The van der Waals surface area contributed by atoms with Crippen molar-refractivity contribution < 1.29 is 14.3 Å². The van der Waals surface area contributed by atoms with Crippen molar-refractivity contribution in [2.45, 2.75) is 52.4 Å². The summed E-state index contributed by atoms with van der Waals surface area (Å²) in [6, 6.07) is 15.0. The number of nitrogens with zero attached hydrogens (tertiary/aromatic N) is 1. The molecule has 0 atom stereocenters. The summed E-state index contributed by atoms with van der Waals surface area (Å²) < 4.78 is 10.8. The van der Waals surface area contributed by atoms with E-state index in [9.17, 15) is 4.79 Å². The van der Waals surface area contributed by atoms with Crippen molar-refractivity contribution in [2.75, 3.05) is 13.2 Å². The predicted octanol–water partition coefficient (Wildman–Crippen LogP) is 6.35. The smallest absolute Gasteiger partial charge is 0.338 e. The van der Waals surface area contributed by atoms with Gasteiger partial charge in [-0.1, -0.05) is 39.0 Å². The Morgan fingerprint density at radius 2 is 1.57 bits per heavy atom. The van der Waals surface area contributed by atoms with Crippen LogP contribution in [0.25, 0.3) is 0 Å². The summed E-state index contributed by atoms with van der Waals surface area (Å²) in [5, 5.41) is 0. The standard InChI is InChI=1S/C24H31NO3/c1-3-5-6-7-8-9-18-28-23-16-10-20(11-17-23)19-25-22-14-12-21(13-15-22)24(26)27-4-2/h10-17,19H,3-9,18H2,1-2H3. The van der Waals surface area contributed by atoms with E-state index in [-0.39, 0.29) is 5.97 Å². The monoisotopic (exact) mass is 381 g/mol. The molecule has 0 saturated carbocycles. The number of rotatable bonds is 12. The van der Waals surface area contributed by atoms with Gasteiger partial charge in [-0.25, -0.2) is 4.79 Å². The van der Waals surface area contributed by atoms with Gasteiger partial charge in [-0.2, -0.15) is 0 Å². The highest BCUT2D eigenvalue weighted by molar-refractivity contribution is 5.90. The fraction of sp³-hybridized carbons (Fsp3) is 0.417. The van der Waals surface area contributed by atoms with Gasteiger partial charge in [-0.15, -0.1) is 0 Å². The van der Waals surface area contributed by atoms with E-state index in [1.807, 2.05) is 24.3 Å². The van der Waals surface area contributed by atoms with E-state index in [1.165, 1.54) is 32.1 Å². The first-order chi connectivity index (χ1) is 13.7. The number of esters is 1. The molecule has 0 spiro atoms. The molecule has 0 aliphatic heterocycles. The lowest BCUT2D eigenvalue weighted by Crippen LogP contribution is -2.03. The van der Waals surface area contributed by atoms with Gasteiger partial charge in [0.05, 0.1) is 24.5 Å². The van der Waals surface area contributed by atoms with Gasteiger partial charge in [-0.3, -0.25) is 4.99 Å². The number of hydrogen-bond acceptors (Lipinski definition) is 4. The normalized spacial score (nSPS) is 10.9. The summed E-state index contributed by atoms with van der Waals surface area (Å²) in [6.07, 6.45) is 9.39. The minimum absolute atomic E-state index is 0.311. The largest absolute Gasteiger partial charge is 0.494 e. The highest BCUT2D eigenvalue weighted by atomic mass is 16.5. The third-order valence-corrected chi connectivity index (χ3v) is 4.39. The quantitative estimate of drug-likeness (QED) is 0.244. The Kier molecular flexibility index (Phi) is 9.84. The second-order valence-electron chi connectivity index (χ2n) is 6.71. The average molecular weight is 382 g/mol. The van der Waals surface area contributed by atoms with Gasteiger partial charge in [0.15, 0.2) is 0 Å². The first-order valence-corrected chi connectivity index (χ1v) is 10.3. The summed E-state index contributed by atoms with van der Waals surface area (Å²) in [6.45, 7) is 5.17. The lowest BCUT2D eigenvalue weighted by Gasteiger charge is -2.06. The zero-order valence-electron chi connectivity index (χ0n) is 17.0. The fourth-order valence-electron chi connectivity index (χ4n) is 2.77. The molecule has 0 N–H and O–H groups in total. The maximum atomic E-state index is 11.6. The van der Waals surface area contributed by atoms with E-state index in [0.29, 0.717) is 12.2 Å². The number of carbonyl (C=O) groups excluding carboxylic acids is 1. The van der Waals surface area contributed by atoms with Crippen molar-refractivity contribution in [3.63, 3.8) is 0 Å². The van der Waals surface area contributed by atoms with E-state index in [4.69, 9.17) is 9.47 Å². The Hall–Kier alpha value is -2.62. The predicted molar refractivity (Wildman–Crippen MR) is 115 cm³/mol. The molecular weight excluding hydrogens is 350 g/mol. The summed E-state index contributed by atoms with van der Waals surface area (Å²) >= 11 is 0. The van der Waals surface area contributed by atoms with Crippen LogP contribution in [0.2, 0.25) is 0 Å². The second kappa shape index (κ2) is 12.7. The van der Waals surface area contributed by atoms with Crippen LogP contribution in [0, 0.1) is 0 Å². The molecule has 0 amide bonds. The molecule has 0 aliphatic rings. The van der Waals surface area contributed by atoms with Gasteiger partial charge >= 0.3 is 5.97 Å². The molecule has 0 saturated heterocycles. The van der Waals surface area contributed by atoms with Crippen LogP contribution in [0.15, 0.2) is 53.5 Å². The summed E-state index contributed by atoms with van der Waals surface area (Å²) in [4.78, 5) is 16.1. The molecule has 2 aromatic carbocycles. The lowest BCUT2D eigenvalue weighted by atomic mass is 10.1. The molecule has 0 heterocycles. The minimum atomic E-state index is -0.311. The van der Waals surface area contributed by atoms with Crippen LogP contribution in [0.5, 0.6) is 5.75 Å². The van der Waals surface area contributed by atoms with Gasteiger partial charge in [0.25, 0.3) is 0 Å². The molecule has 2 rings (SSSR count). The minimum Gasteiger partial charge on any atom is -0.494 e. The first kappa shape index (κ1) is 21.7. The number of unbranched alkanes of at least 4 members (excludes halogenated alkanes) is 5. The van der Waals surface area contributed by atoms with Gasteiger partial charge < -0.3 is 9.47 Å². The Morgan fingerprint density at radius 1 is 0.893 bits per heavy atom. The molecular formula is C24H31NO3. The van der Waals surface area contributed by atoms with Crippen LogP contribution >= 0.6 is 0 Å². The highest BCUT2D eigenvalue weighted by Gasteiger charge is 2.04. The molecule has 0 aromatic heterocycles. The molecule has 0 bridgehead atoms. The van der Waals surface area contributed by atoms with Crippen LogP contribution in [-0.2, 0) is 4.74 Å². The second-order valence-corrected chi connectivity index (χ2v) is 6.71. The molecule has 28 heavy (non-hydrogen) atoms. The summed E-state index contributed by atoms with van der Waals surface area (Å²) in [5.41, 5.74) is 2.32. The van der Waals surface area contributed by atoms with E-state index in [1.54, 1.807) is 37.4 Å². The van der Waals surface area contributed by atoms with Gasteiger partial charge in [0, 0.05) is 6.21 Å². The van der Waals surface area contributed by atoms with Crippen LogP contribution in [0.4, 0.5) is 5.69 Å². The fourth-order valence-corrected chi connectivity index (χ4v) is 2.77. The lowest BCUT2D eigenvalue weighted by molar-refractivity contribution is 0.0526.